The van der Waals surface area contributed by atoms with Gasteiger partial charge in [-0.3, -0.25) is 4.57 Å². The fourth-order valence-electron chi connectivity index (χ4n) is 5.84. The first-order valence-corrected chi connectivity index (χ1v) is 14.0. The summed E-state index contributed by atoms with van der Waals surface area (Å²) in [5.41, 5.74) is 14.3. The van der Waals surface area contributed by atoms with Gasteiger partial charge in [0, 0.05) is 35.6 Å². The van der Waals surface area contributed by atoms with Crippen molar-refractivity contribution in [3.8, 4) is 34.1 Å². The second-order valence-corrected chi connectivity index (χ2v) is 10.7. The van der Waals surface area contributed by atoms with E-state index in [-0.39, 0.29) is 5.54 Å². The molecule has 1 aliphatic heterocycles. The number of nitrogens with two attached hydrogens (primary N) is 1. The van der Waals surface area contributed by atoms with Crippen molar-refractivity contribution in [2.75, 3.05) is 38.3 Å². The number of nitrogens with zero attached hydrogens (tertiary/aromatic N) is 4. The third kappa shape index (κ3) is 4.31. The molecule has 3 heterocycles. The number of morpholine rings is 1. The van der Waals surface area contributed by atoms with Gasteiger partial charge in [-0.15, -0.1) is 0 Å². The lowest BCUT2D eigenvalue weighted by Crippen LogP contribution is -2.43. The van der Waals surface area contributed by atoms with E-state index < -0.39 is 0 Å². The van der Waals surface area contributed by atoms with Crippen LogP contribution in [0.25, 0.3) is 39.5 Å². The number of rotatable bonds is 6. The number of pyridine rings is 1. The molecular formula is C33H33N5O2. The van der Waals surface area contributed by atoms with Gasteiger partial charge in [-0.2, -0.15) is 0 Å². The van der Waals surface area contributed by atoms with E-state index in [9.17, 15) is 0 Å². The fraction of sp³-hybridized carbons (Fsp3) is 0.273. The molecule has 0 spiro atoms. The first-order chi connectivity index (χ1) is 19.6. The van der Waals surface area contributed by atoms with Crippen molar-refractivity contribution in [3.63, 3.8) is 0 Å². The van der Waals surface area contributed by atoms with Crippen molar-refractivity contribution in [1.29, 1.82) is 0 Å². The molecule has 1 saturated carbocycles. The van der Waals surface area contributed by atoms with Gasteiger partial charge in [0.25, 0.3) is 0 Å². The molecule has 3 aromatic carbocycles. The molecule has 0 unspecified atom stereocenters. The van der Waals surface area contributed by atoms with Crippen LogP contribution >= 0.6 is 0 Å². The molecule has 5 aromatic rings. The number of benzene rings is 3. The van der Waals surface area contributed by atoms with E-state index in [1.54, 1.807) is 7.11 Å². The minimum Gasteiger partial charge on any atom is -0.496 e. The third-order valence-electron chi connectivity index (χ3n) is 8.32. The Morgan fingerprint density at radius 1 is 0.850 bits per heavy atom. The summed E-state index contributed by atoms with van der Waals surface area (Å²) in [4.78, 5) is 12.6. The van der Waals surface area contributed by atoms with Crippen molar-refractivity contribution in [2.24, 2.45) is 5.73 Å². The number of imidazole rings is 1. The predicted molar refractivity (Wildman–Crippen MR) is 159 cm³/mol. The minimum absolute atomic E-state index is 0.210. The molecule has 40 heavy (non-hydrogen) atoms. The second kappa shape index (κ2) is 10.1. The molecule has 0 radical (unpaired) electrons. The van der Waals surface area contributed by atoms with Gasteiger partial charge >= 0.3 is 0 Å². The van der Waals surface area contributed by atoms with Crippen molar-refractivity contribution in [1.82, 2.24) is 14.5 Å². The van der Waals surface area contributed by atoms with Crippen molar-refractivity contribution in [3.05, 3.63) is 90.5 Å². The molecule has 0 amide bonds. The Balaban J connectivity index is 1.37. The first-order valence-electron chi connectivity index (χ1n) is 14.0. The van der Waals surface area contributed by atoms with Gasteiger partial charge in [-0.25, -0.2) is 9.97 Å². The predicted octanol–water partition coefficient (Wildman–Crippen LogP) is 5.94. The summed E-state index contributed by atoms with van der Waals surface area (Å²) in [6.07, 6.45) is 3.24. The molecule has 7 heteroatoms. The maximum atomic E-state index is 6.63. The largest absolute Gasteiger partial charge is 0.496 e. The highest BCUT2D eigenvalue weighted by atomic mass is 16.5. The average molecular weight is 532 g/mol. The molecule has 1 saturated heterocycles. The van der Waals surface area contributed by atoms with Crippen LogP contribution in [0, 0.1) is 0 Å². The number of methoxy groups -OCH3 is 1. The summed E-state index contributed by atoms with van der Waals surface area (Å²) >= 11 is 0. The fourth-order valence-corrected chi connectivity index (χ4v) is 5.84. The summed E-state index contributed by atoms with van der Waals surface area (Å²) in [5, 5.41) is 0. The quantitative estimate of drug-likeness (QED) is 0.292. The van der Waals surface area contributed by atoms with E-state index in [0.717, 1.165) is 84.4 Å². The Morgan fingerprint density at radius 3 is 2.40 bits per heavy atom. The summed E-state index contributed by atoms with van der Waals surface area (Å²) < 4.78 is 13.4. The number of hydrogen-bond acceptors (Lipinski definition) is 6. The van der Waals surface area contributed by atoms with Gasteiger partial charge in [-0.05, 0) is 73.4 Å². The molecule has 2 N–H and O–H groups in total. The molecule has 1 aliphatic carbocycles. The lowest BCUT2D eigenvalue weighted by atomic mass is 9.73. The molecule has 7 rings (SSSR count). The van der Waals surface area contributed by atoms with Crippen LogP contribution in [0.1, 0.15) is 24.8 Å². The Kier molecular flexibility index (Phi) is 6.25. The van der Waals surface area contributed by atoms with Gasteiger partial charge in [0.05, 0.1) is 31.6 Å². The lowest BCUT2D eigenvalue weighted by Gasteiger charge is -2.38. The first kappa shape index (κ1) is 24.8. The van der Waals surface area contributed by atoms with Gasteiger partial charge in [0.15, 0.2) is 11.5 Å². The molecule has 0 atom stereocenters. The number of fused-ring (bicyclic) bond motifs is 1. The molecule has 202 valence electrons. The second-order valence-electron chi connectivity index (χ2n) is 10.7. The van der Waals surface area contributed by atoms with Gasteiger partial charge in [-0.1, -0.05) is 36.4 Å². The van der Waals surface area contributed by atoms with Crippen LogP contribution < -0.4 is 15.4 Å². The summed E-state index contributed by atoms with van der Waals surface area (Å²) in [7, 11) is 1.69. The zero-order valence-electron chi connectivity index (χ0n) is 22.7. The zero-order valence-corrected chi connectivity index (χ0v) is 22.7. The zero-order chi connectivity index (χ0) is 27.1. The molecule has 2 fully saturated rings. The van der Waals surface area contributed by atoms with E-state index in [1.165, 1.54) is 17.7 Å². The van der Waals surface area contributed by atoms with Crippen LogP contribution in [-0.2, 0) is 10.3 Å². The Labute approximate surface area is 234 Å². The number of ether oxygens (including phenoxy) is 2. The van der Waals surface area contributed by atoms with Crippen LogP contribution in [-0.4, -0.2) is 47.9 Å². The number of hydrogen-bond donors (Lipinski definition) is 1. The number of aromatic nitrogens is 3. The monoisotopic (exact) mass is 531 g/mol. The summed E-state index contributed by atoms with van der Waals surface area (Å²) in [6.45, 7) is 3.29. The van der Waals surface area contributed by atoms with Crippen molar-refractivity contribution >= 4 is 16.9 Å². The summed E-state index contributed by atoms with van der Waals surface area (Å²) in [6, 6.07) is 29.3. The van der Waals surface area contributed by atoms with Crippen molar-refractivity contribution in [2.45, 2.75) is 24.8 Å². The van der Waals surface area contributed by atoms with E-state index in [2.05, 4.69) is 70.1 Å². The molecular weight excluding hydrogens is 498 g/mol. The van der Waals surface area contributed by atoms with E-state index in [0.29, 0.717) is 0 Å². The molecule has 7 nitrogen and oxygen atoms in total. The smallest absolute Gasteiger partial charge is 0.165 e. The normalized spacial score (nSPS) is 16.6. The van der Waals surface area contributed by atoms with E-state index in [4.69, 9.17) is 25.2 Å². The van der Waals surface area contributed by atoms with E-state index in [1.807, 2.05) is 24.3 Å². The number of anilines is 1. The van der Waals surface area contributed by atoms with Gasteiger partial charge in [0.1, 0.15) is 11.3 Å². The SMILES string of the molecule is COc1ccccc1-c1nc2ccc(-c3cccc(N4CCOCC4)c3)nc2n1-c1ccc(C2(N)CCC2)cc1. The highest BCUT2D eigenvalue weighted by molar-refractivity contribution is 5.84. The standard InChI is InChI=1S/C33H33N5O2/c1-39-30-9-3-2-8-27(30)31-36-29-15-14-28(23-6-4-7-26(22-23)37-18-20-40-21-19-37)35-32(29)38(31)25-12-10-24(11-13-25)33(34)16-5-17-33/h2-4,6-15,22H,5,16-21,34H2,1H3. The topological polar surface area (TPSA) is 78.4 Å². The number of para-hydroxylation sites is 1. The molecule has 0 bridgehead atoms. The van der Waals surface area contributed by atoms with Crippen molar-refractivity contribution < 1.29 is 9.47 Å². The van der Waals surface area contributed by atoms with Gasteiger partial charge < -0.3 is 20.1 Å². The van der Waals surface area contributed by atoms with Crippen LogP contribution in [0.15, 0.2) is 84.9 Å². The lowest BCUT2D eigenvalue weighted by molar-refractivity contribution is 0.122. The highest BCUT2D eigenvalue weighted by Gasteiger charge is 2.34. The average Bonchev–Trinajstić information content (AvgIpc) is 3.39. The Hall–Kier alpha value is -4.20. The van der Waals surface area contributed by atoms with Crippen LogP contribution in [0.4, 0.5) is 5.69 Å². The van der Waals surface area contributed by atoms with E-state index >= 15 is 0 Å². The Morgan fingerprint density at radius 2 is 1.65 bits per heavy atom. The Bertz CT molecular complexity index is 1670. The molecule has 2 aromatic heterocycles. The van der Waals surface area contributed by atoms with Crippen LogP contribution in [0.5, 0.6) is 5.75 Å². The van der Waals surface area contributed by atoms with Crippen LogP contribution in [0.3, 0.4) is 0 Å². The summed E-state index contributed by atoms with van der Waals surface area (Å²) in [5.74, 6) is 1.56. The maximum absolute atomic E-state index is 6.63. The maximum Gasteiger partial charge on any atom is 0.165 e. The molecule has 2 aliphatic rings. The highest BCUT2D eigenvalue weighted by Crippen LogP contribution is 2.40. The van der Waals surface area contributed by atoms with Crippen LogP contribution in [0.2, 0.25) is 0 Å². The third-order valence-corrected chi connectivity index (χ3v) is 8.32. The van der Waals surface area contributed by atoms with Gasteiger partial charge in [0.2, 0.25) is 0 Å². The minimum atomic E-state index is -0.210.